The minimum Gasteiger partial charge on any atom is -0.508 e. The van der Waals surface area contributed by atoms with Gasteiger partial charge in [-0.1, -0.05) is 12.1 Å². The van der Waals surface area contributed by atoms with Crippen LogP contribution in [-0.4, -0.2) is 74.3 Å². The van der Waals surface area contributed by atoms with Gasteiger partial charge in [0.15, 0.2) is 11.4 Å². The van der Waals surface area contributed by atoms with Crippen LogP contribution >= 0.6 is 0 Å². The number of carbonyl (C=O) groups excluding carboxylic acids is 4. The Hall–Kier alpha value is -3.34. The zero-order valence-electron chi connectivity index (χ0n) is 17.5. The number of rotatable bonds is 2. The third kappa shape index (κ3) is 2.45. The number of ketones is 3. The van der Waals surface area contributed by atoms with Crippen LogP contribution in [0.3, 0.4) is 0 Å². The molecule has 32 heavy (non-hydrogen) atoms. The number of aromatic hydroxyl groups is 1. The van der Waals surface area contributed by atoms with Crippen molar-refractivity contribution in [2.24, 2.45) is 11.7 Å². The molecule has 0 heterocycles. The summed E-state index contributed by atoms with van der Waals surface area (Å²) in [4.78, 5) is 53.1. The van der Waals surface area contributed by atoms with Crippen molar-refractivity contribution >= 4 is 23.3 Å². The van der Waals surface area contributed by atoms with E-state index in [0.717, 1.165) is 0 Å². The number of likely N-dealkylation sites (N-methyl/N-ethyl adjacent to an activating group) is 1. The average molecular weight is 442 g/mol. The fraction of sp³-hybridized carbons (Fsp3) is 0.364. The molecular weight excluding hydrogens is 420 g/mol. The third-order valence-corrected chi connectivity index (χ3v) is 6.74. The molecule has 0 radical (unpaired) electrons. The Kier molecular flexibility index (Phi) is 4.50. The van der Waals surface area contributed by atoms with E-state index in [0.29, 0.717) is 0 Å². The van der Waals surface area contributed by atoms with E-state index in [1.165, 1.54) is 44.1 Å². The van der Waals surface area contributed by atoms with Crippen LogP contribution < -0.4 is 5.73 Å². The summed E-state index contributed by atoms with van der Waals surface area (Å²) in [6.45, 7) is 1.34. The standard InChI is InChI=1S/C22H22N2O8/c1-21(31)8-5-4-6-11(25)12(8)16(26)13-9(21)7-10-15(24(2)3)17(27)14(20(23)30)19(29)22(10,32)18(13)28/h4-6,10,15,25,29,31-32H,7H2,1-3H3,(H2,23,30). The van der Waals surface area contributed by atoms with Crippen molar-refractivity contribution in [2.45, 2.75) is 30.6 Å². The molecule has 6 N–H and O–H groups in total. The van der Waals surface area contributed by atoms with Gasteiger partial charge in [0.2, 0.25) is 11.6 Å². The van der Waals surface area contributed by atoms with E-state index in [4.69, 9.17) is 5.73 Å². The first-order chi connectivity index (χ1) is 14.8. The molecule has 10 nitrogen and oxygen atoms in total. The van der Waals surface area contributed by atoms with Gasteiger partial charge >= 0.3 is 0 Å². The number of amides is 1. The topological polar surface area (TPSA) is 178 Å². The van der Waals surface area contributed by atoms with Gasteiger partial charge in [-0.25, -0.2) is 0 Å². The van der Waals surface area contributed by atoms with Crippen LogP contribution in [0, 0.1) is 5.92 Å². The monoisotopic (exact) mass is 442 g/mol. The van der Waals surface area contributed by atoms with Crippen LogP contribution in [0.25, 0.3) is 0 Å². The highest BCUT2D eigenvalue weighted by molar-refractivity contribution is 6.33. The summed E-state index contributed by atoms with van der Waals surface area (Å²) < 4.78 is 0. The number of aliphatic hydroxyl groups is 3. The van der Waals surface area contributed by atoms with E-state index < -0.39 is 69.1 Å². The molecule has 1 aromatic carbocycles. The molecule has 0 saturated carbocycles. The Bertz CT molecular complexity index is 1190. The fourth-order valence-electron chi connectivity index (χ4n) is 5.21. The Morgan fingerprint density at radius 3 is 2.34 bits per heavy atom. The first-order valence-electron chi connectivity index (χ1n) is 9.82. The van der Waals surface area contributed by atoms with Crippen LogP contribution in [-0.2, 0) is 20.0 Å². The van der Waals surface area contributed by atoms with Crippen molar-refractivity contribution < 1.29 is 39.6 Å². The Morgan fingerprint density at radius 2 is 1.78 bits per heavy atom. The number of phenols is 1. The minimum absolute atomic E-state index is 0.0461. The maximum atomic E-state index is 13.6. The first kappa shape index (κ1) is 21.9. The second kappa shape index (κ2) is 6.58. The van der Waals surface area contributed by atoms with Gasteiger partial charge in [0, 0.05) is 11.5 Å². The third-order valence-electron chi connectivity index (χ3n) is 6.74. The molecule has 10 heteroatoms. The molecule has 1 aromatic rings. The molecule has 168 valence electrons. The van der Waals surface area contributed by atoms with Crippen molar-refractivity contribution in [3.8, 4) is 5.75 Å². The van der Waals surface area contributed by atoms with Crippen LogP contribution in [0.2, 0.25) is 0 Å². The summed E-state index contributed by atoms with van der Waals surface area (Å²) in [6, 6.07) is 2.82. The predicted molar refractivity (Wildman–Crippen MR) is 108 cm³/mol. The highest BCUT2D eigenvalue weighted by atomic mass is 16.3. The minimum atomic E-state index is -2.81. The molecule has 0 aliphatic heterocycles. The van der Waals surface area contributed by atoms with Crippen LogP contribution in [0.1, 0.15) is 29.3 Å². The zero-order valence-corrected chi connectivity index (χ0v) is 17.5. The predicted octanol–water partition coefficient (Wildman–Crippen LogP) is -0.777. The molecule has 0 aromatic heterocycles. The number of primary amides is 1. The van der Waals surface area contributed by atoms with Gasteiger partial charge < -0.3 is 26.2 Å². The number of aliphatic hydroxyl groups excluding tert-OH is 1. The molecule has 1 amide bonds. The quantitative estimate of drug-likeness (QED) is 0.368. The molecule has 0 spiro atoms. The second-order valence-electron chi connectivity index (χ2n) is 8.72. The summed E-state index contributed by atoms with van der Waals surface area (Å²) in [5, 5.41) is 43.8. The first-order valence-corrected chi connectivity index (χ1v) is 9.82. The number of carbonyl (C=O) groups is 4. The smallest absolute Gasteiger partial charge is 0.255 e. The number of nitrogens with zero attached hydrogens (tertiary/aromatic N) is 1. The molecule has 3 aliphatic rings. The number of nitrogens with two attached hydrogens (primary N) is 1. The maximum absolute atomic E-state index is 13.6. The fourth-order valence-corrected chi connectivity index (χ4v) is 5.21. The van der Waals surface area contributed by atoms with Gasteiger partial charge in [0.1, 0.15) is 22.7 Å². The summed E-state index contributed by atoms with van der Waals surface area (Å²) in [5.41, 5.74) is -1.25. The van der Waals surface area contributed by atoms with E-state index in [2.05, 4.69) is 0 Å². The van der Waals surface area contributed by atoms with Gasteiger partial charge in [-0.3, -0.25) is 24.1 Å². The lowest BCUT2D eigenvalue weighted by atomic mass is 9.57. The molecule has 0 fully saturated rings. The SMILES string of the molecule is CN(C)C1C(=O)C(C(N)=O)=C(O)C2(O)C(=O)C3=C(CC12)C(C)(O)c1cccc(O)c1C3=O. The van der Waals surface area contributed by atoms with E-state index in [9.17, 15) is 39.6 Å². The highest BCUT2D eigenvalue weighted by Crippen LogP contribution is 2.53. The van der Waals surface area contributed by atoms with Gasteiger partial charge in [-0.05, 0) is 39.1 Å². The normalized spacial score (nSPS) is 32.1. The van der Waals surface area contributed by atoms with Crippen LogP contribution in [0.4, 0.5) is 0 Å². The van der Waals surface area contributed by atoms with E-state index in [1.807, 2.05) is 0 Å². The summed E-state index contributed by atoms with van der Waals surface area (Å²) in [5.74, 6) is -7.44. The van der Waals surface area contributed by atoms with Crippen molar-refractivity contribution in [1.82, 2.24) is 4.90 Å². The van der Waals surface area contributed by atoms with Gasteiger partial charge in [0.05, 0.1) is 17.2 Å². The van der Waals surface area contributed by atoms with E-state index in [-0.39, 0.29) is 23.1 Å². The number of phenolic OH excluding ortho intramolecular Hbond substituents is 1. The van der Waals surface area contributed by atoms with Crippen molar-refractivity contribution in [3.05, 3.63) is 51.8 Å². The van der Waals surface area contributed by atoms with E-state index >= 15 is 0 Å². The van der Waals surface area contributed by atoms with Crippen molar-refractivity contribution in [2.75, 3.05) is 14.1 Å². The zero-order chi connectivity index (χ0) is 23.9. The summed E-state index contributed by atoms with van der Waals surface area (Å²) in [6.07, 6.45) is -0.323. The largest absolute Gasteiger partial charge is 0.508 e. The van der Waals surface area contributed by atoms with E-state index in [1.54, 1.807) is 0 Å². The lowest BCUT2D eigenvalue weighted by Crippen LogP contribution is -2.65. The average Bonchev–Trinajstić information content (AvgIpc) is 2.68. The Labute approximate surface area is 182 Å². The Morgan fingerprint density at radius 1 is 1.16 bits per heavy atom. The van der Waals surface area contributed by atoms with Crippen molar-refractivity contribution in [1.29, 1.82) is 0 Å². The number of hydrogen-bond donors (Lipinski definition) is 5. The summed E-state index contributed by atoms with van der Waals surface area (Å²) in [7, 11) is 2.96. The van der Waals surface area contributed by atoms with Gasteiger partial charge in [-0.2, -0.15) is 0 Å². The number of hydrogen-bond acceptors (Lipinski definition) is 9. The van der Waals surface area contributed by atoms with Crippen LogP contribution in [0.5, 0.6) is 5.75 Å². The second-order valence-corrected chi connectivity index (χ2v) is 8.72. The lowest BCUT2D eigenvalue weighted by Gasteiger charge is -2.50. The van der Waals surface area contributed by atoms with Crippen molar-refractivity contribution in [3.63, 3.8) is 0 Å². The molecule has 0 saturated heterocycles. The number of benzene rings is 1. The molecule has 4 unspecified atom stereocenters. The van der Waals surface area contributed by atoms with Gasteiger partial charge in [-0.15, -0.1) is 0 Å². The molecule has 4 rings (SSSR count). The Balaban J connectivity index is 2.04. The summed E-state index contributed by atoms with van der Waals surface area (Å²) >= 11 is 0. The van der Waals surface area contributed by atoms with Crippen LogP contribution in [0.15, 0.2) is 40.7 Å². The van der Waals surface area contributed by atoms with Gasteiger partial charge in [0.25, 0.3) is 5.91 Å². The molecular formula is C22H22N2O8. The molecule has 4 atom stereocenters. The lowest BCUT2D eigenvalue weighted by molar-refractivity contribution is -0.150. The molecule has 3 aliphatic carbocycles. The number of fused-ring (bicyclic) bond motifs is 2. The maximum Gasteiger partial charge on any atom is 0.255 e. The highest BCUT2D eigenvalue weighted by Gasteiger charge is 2.65. The molecule has 0 bridgehead atoms. The number of Topliss-reactive ketones (excluding diaryl/α,β-unsaturated/α-hetero) is 3.